The Morgan fingerprint density at radius 3 is 2.53 bits per heavy atom. The molecule has 2 aliphatic heterocycles. The van der Waals surface area contributed by atoms with E-state index in [1.807, 2.05) is 36.4 Å². The van der Waals surface area contributed by atoms with E-state index >= 15 is 0 Å². The highest BCUT2D eigenvalue weighted by Crippen LogP contribution is 2.28. The number of thioether (sulfide) groups is 1. The van der Waals surface area contributed by atoms with E-state index in [1.165, 1.54) is 11.8 Å². The monoisotopic (exact) mass is 452 g/mol. The predicted octanol–water partition coefficient (Wildman–Crippen LogP) is 2.43. The van der Waals surface area contributed by atoms with Gasteiger partial charge in [-0.25, -0.2) is 4.79 Å². The van der Waals surface area contributed by atoms with Crippen LogP contribution in [-0.4, -0.2) is 41.6 Å². The quantitative estimate of drug-likeness (QED) is 0.442. The molecule has 0 saturated carbocycles. The first-order valence-corrected chi connectivity index (χ1v) is 11.4. The average molecular weight is 453 g/mol. The van der Waals surface area contributed by atoms with Crippen LogP contribution in [-0.2, 0) is 16.1 Å². The normalized spacial score (nSPS) is 20.3. The number of nitrogens with zero attached hydrogens (tertiary/aromatic N) is 1. The van der Waals surface area contributed by atoms with Gasteiger partial charge in [-0.2, -0.15) is 0 Å². The third-order valence-electron chi connectivity index (χ3n) is 5.54. The molecular formula is C23H24N4O4S. The molecular weight excluding hydrogens is 428 g/mol. The molecule has 0 radical (unpaired) electrons. The number of hydrogen-bond donors (Lipinski definition) is 3. The minimum Gasteiger partial charge on any atom is -0.348 e. The van der Waals surface area contributed by atoms with Crippen molar-refractivity contribution in [3.8, 4) is 0 Å². The van der Waals surface area contributed by atoms with Gasteiger partial charge in [0.15, 0.2) is 0 Å². The van der Waals surface area contributed by atoms with Crippen molar-refractivity contribution in [1.82, 2.24) is 16.0 Å². The van der Waals surface area contributed by atoms with Crippen LogP contribution in [0, 0.1) is 0 Å². The Labute approximate surface area is 190 Å². The van der Waals surface area contributed by atoms with Gasteiger partial charge in [-0.3, -0.25) is 19.7 Å². The Balaban J connectivity index is 1.37. The van der Waals surface area contributed by atoms with E-state index < -0.39 is 11.6 Å². The van der Waals surface area contributed by atoms with Crippen molar-refractivity contribution in [3.63, 3.8) is 0 Å². The maximum Gasteiger partial charge on any atom is 0.322 e. The summed E-state index contributed by atoms with van der Waals surface area (Å²) in [4.78, 5) is 50.7. The fraction of sp³-hybridized carbons (Fsp3) is 0.304. The maximum atomic E-state index is 12.8. The summed E-state index contributed by atoms with van der Waals surface area (Å²) in [6.07, 6.45) is 1.47. The van der Waals surface area contributed by atoms with E-state index in [4.69, 9.17) is 0 Å². The van der Waals surface area contributed by atoms with Crippen LogP contribution >= 0.6 is 11.8 Å². The third-order valence-corrected chi connectivity index (χ3v) is 6.93. The summed E-state index contributed by atoms with van der Waals surface area (Å²) in [5.41, 5.74) is 1.28. The summed E-state index contributed by atoms with van der Waals surface area (Å²) < 4.78 is 0. The van der Waals surface area contributed by atoms with E-state index in [-0.39, 0.29) is 17.7 Å². The van der Waals surface area contributed by atoms with Gasteiger partial charge < -0.3 is 15.5 Å². The topological polar surface area (TPSA) is 108 Å². The van der Waals surface area contributed by atoms with Gasteiger partial charge in [0.25, 0.3) is 11.8 Å². The first kappa shape index (κ1) is 21.9. The second-order valence-corrected chi connectivity index (χ2v) is 9.04. The summed E-state index contributed by atoms with van der Waals surface area (Å²) in [6.45, 7) is 2.75. The standard InChI is InChI=1S/C23H24N4O4S/c1-23(21(30)25-22(31)26-23)14-32-18-6-3-2-5-17(18)20(29)24-13-15-8-10-16(11-9-15)27-12-4-7-19(27)28/h2-3,5-6,8-11H,4,7,12-14H2,1H3,(H,24,29)(H2,25,26,30,31). The first-order valence-electron chi connectivity index (χ1n) is 10.4. The van der Waals surface area contributed by atoms with Gasteiger partial charge in [-0.05, 0) is 43.2 Å². The van der Waals surface area contributed by atoms with Crippen LogP contribution in [0.4, 0.5) is 10.5 Å². The lowest BCUT2D eigenvalue weighted by Gasteiger charge is -2.20. The van der Waals surface area contributed by atoms with Crippen molar-refractivity contribution in [2.75, 3.05) is 17.2 Å². The Hall–Kier alpha value is -3.33. The molecule has 1 atom stereocenters. The summed E-state index contributed by atoms with van der Waals surface area (Å²) in [7, 11) is 0. The SMILES string of the molecule is CC1(CSc2ccccc2C(=O)NCc2ccc(N3CCCC3=O)cc2)NC(=O)NC1=O. The smallest absolute Gasteiger partial charge is 0.322 e. The fourth-order valence-corrected chi connectivity index (χ4v) is 4.81. The summed E-state index contributed by atoms with van der Waals surface area (Å²) in [6, 6.07) is 14.3. The molecule has 2 aliphatic rings. The Bertz CT molecular complexity index is 1070. The number of urea groups is 1. The fourth-order valence-electron chi connectivity index (χ4n) is 3.68. The molecule has 2 heterocycles. The number of carbonyl (C=O) groups excluding carboxylic acids is 4. The molecule has 0 bridgehead atoms. The van der Waals surface area contributed by atoms with Crippen LogP contribution in [0.5, 0.6) is 0 Å². The number of hydrogen-bond acceptors (Lipinski definition) is 5. The lowest BCUT2D eigenvalue weighted by atomic mass is 10.1. The summed E-state index contributed by atoms with van der Waals surface area (Å²) in [5, 5.41) is 7.79. The Kier molecular flexibility index (Phi) is 6.18. The van der Waals surface area contributed by atoms with Crippen LogP contribution in [0.25, 0.3) is 0 Å². The van der Waals surface area contributed by atoms with E-state index in [0.717, 1.165) is 29.1 Å². The van der Waals surface area contributed by atoms with Crippen molar-refractivity contribution >= 4 is 41.2 Å². The Morgan fingerprint density at radius 1 is 1.12 bits per heavy atom. The van der Waals surface area contributed by atoms with E-state index in [0.29, 0.717) is 24.3 Å². The number of amides is 5. The molecule has 4 rings (SSSR count). The second kappa shape index (κ2) is 9.04. The molecule has 2 aromatic rings. The van der Waals surface area contributed by atoms with Gasteiger partial charge in [-0.1, -0.05) is 24.3 Å². The highest BCUT2D eigenvalue weighted by molar-refractivity contribution is 7.99. The highest BCUT2D eigenvalue weighted by atomic mass is 32.2. The van der Waals surface area contributed by atoms with Crippen LogP contribution in [0.1, 0.15) is 35.7 Å². The van der Waals surface area contributed by atoms with Gasteiger partial charge >= 0.3 is 6.03 Å². The second-order valence-electron chi connectivity index (χ2n) is 8.02. The minimum absolute atomic E-state index is 0.142. The zero-order chi connectivity index (χ0) is 22.7. The molecule has 0 aliphatic carbocycles. The van der Waals surface area contributed by atoms with E-state index in [1.54, 1.807) is 24.0 Å². The first-order chi connectivity index (χ1) is 15.4. The molecule has 2 saturated heterocycles. The van der Waals surface area contributed by atoms with Crippen LogP contribution in [0.15, 0.2) is 53.4 Å². The molecule has 5 amide bonds. The highest BCUT2D eigenvalue weighted by Gasteiger charge is 2.41. The van der Waals surface area contributed by atoms with Crippen molar-refractivity contribution in [2.24, 2.45) is 0 Å². The van der Waals surface area contributed by atoms with Crippen molar-refractivity contribution < 1.29 is 19.2 Å². The number of imide groups is 1. The third kappa shape index (κ3) is 4.62. The molecule has 0 spiro atoms. The summed E-state index contributed by atoms with van der Waals surface area (Å²) in [5.74, 6) is -0.164. The van der Waals surface area contributed by atoms with E-state index in [2.05, 4.69) is 16.0 Å². The lowest BCUT2D eigenvalue weighted by molar-refractivity contribution is -0.122. The van der Waals surface area contributed by atoms with Crippen LogP contribution in [0.3, 0.4) is 0 Å². The molecule has 32 heavy (non-hydrogen) atoms. The molecule has 166 valence electrons. The molecule has 1 unspecified atom stereocenters. The average Bonchev–Trinajstić information content (AvgIpc) is 3.33. The van der Waals surface area contributed by atoms with E-state index in [9.17, 15) is 19.2 Å². The predicted molar refractivity (Wildman–Crippen MR) is 121 cm³/mol. The molecule has 0 aromatic heterocycles. The van der Waals surface area contributed by atoms with Gasteiger partial charge in [0, 0.05) is 35.8 Å². The zero-order valence-electron chi connectivity index (χ0n) is 17.6. The molecule has 3 N–H and O–H groups in total. The molecule has 8 nitrogen and oxygen atoms in total. The largest absolute Gasteiger partial charge is 0.348 e. The minimum atomic E-state index is -1.02. The number of nitrogens with one attached hydrogen (secondary N) is 3. The number of benzene rings is 2. The number of rotatable bonds is 7. The molecule has 9 heteroatoms. The molecule has 2 fully saturated rings. The lowest BCUT2D eigenvalue weighted by Crippen LogP contribution is -2.46. The van der Waals surface area contributed by atoms with Crippen LogP contribution < -0.4 is 20.9 Å². The molecule has 2 aromatic carbocycles. The van der Waals surface area contributed by atoms with Crippen molar-refractivity contribution in [3.05, 3.63) is 59.7 Å². The summed E-state index contributed by atoms with van der Waals surface area (Å²) >= 11 is 1.34. The van der Waals surface area contributed by atoms with Crippen LogP contribution in [0.2, 0.25) is 0 Å². The van der Waals surface area contributed by atoms with Gasteiger partial charge in [0.1, 0.15) is 5.54 Å². The number of anilines is 1. The van der Waals surface area contributed by atoms with Crippen molar-refractivity contribution in [2.45, 2.75) is 36.7 Å². The van der Waals surface area contributed by atoms with Gasteiger partial charge in [-0.15, -0.1) is 11.8 Å². The Morgan fingerprint density at radius 2 is 1.88 bits per heavy atom. The zero-order valence-corrected chi connectivity index (χ0v) is 18.5. The maximum absolute atomic E-state index is 12.8. The van der Waals surface area contributed by atoms with Gasteiger partial charge in [0.05, 0.1) is 5.56 Å². The van der Waals surface area contributed by atoms with Crippen molar-refractivity contribution in [1.29, 1.82) is 0 Å². The van der Waals surface area contributed by atoms with Gasteiger partial charge in [0.2, 0.25) is 5.91 Å². The number of carbonyl (C=O) groups is 4.